The van der Waals surface area contributed by atoms with Gasteiger partial charge in [-0.3, -0.25) is 14.6 Å². The highest BCUT2D eigenvalue weighted by molar-refractivity contribution is 5.94. The van der Waals surface area contributed by atoms with Gasteiger partial charge in [-0.05, 0) is 53.8 Å². The number of hydrogen-bond acceptors (Lipinski definition) is 6. The number of anilines is 3. The Morgan fingerprint density at radius 2 is 1.81 bits per heavy atom. The van der Waals surface area contributed by atoms with Crippen LogP contribution in [-0.2, 0) is 28.9 Å². The summed E-state index contributed by atoms with van der Waals surface area (Å²) in [5, 5.41) is 12.3. The second kappa shape index (κ2) is 11.2. The van der Waals surface area contributed by atoms with Crippen molar-refractivity contribution in [2.75, 3.05) is 17.3 Å². The number of aryl methyl sites for hydroxylation is 2. The highest BCUT2D eigenvalue weighted by Crippen LogP contribution is 2.29. The number of carbonyl (C=O) groups is 2. The van der Waals surface area contributed by atoms with Crippen LogP contribution in [0.1, 0.15) is 55.5 Å². The van der Waals surface area contributed by atoms with Gasteiger partial charge in [0.2, 0.25) is 5.91 Å². The second-order valence-electron chi connectivity index (χ2n) is 9.17. The topological polar surface area (TPSA) is 109 Å². The summed E-state index contributed by atoms with van der Waals surface area (Å²) in [5.41, 5.74) is 6.91. The van der Waals surface area contributed by atoms with Crippen LogP contribution in [0.5, 0.6) is 0 Å². The van der Waals surface area contributed by atoms with Crippen LogP contribution in [-0.4, -0.2) is 34.0 Å². The summed E-state index contributed by atoms with van der Waals surface area (Å²) in [5.74, 6) is -1.17. The van der Waals surface area contributed by atoms with Crippen molar-refractivity contribution in [3.05, 3.63) is 77.1 Å². The molecule has 2 aromatic heterocycles. The average molecular weight is 501 g/mol. The van der Waals surface area contributed by atoms with Crippen molar-refractivity contribution in [1.82, 2.24) is 9.97 Å². The summed E-state index contributed by atoms with van der Waals surface area (Å²) in [7, 11) is 1.70. The molecule has 1 unspecified atom stereocenters. The monoisotopic (exact) mass is 500 g/mol. The Labute approximate surface area is 216 Å². The van der Waals surface area contributed by atoms with Gasteiger partial charge in [0.15, 0.2) is 5.58 Å². The van der Waals surface area contributed by atoms with Crippen molar-refractivity contribution >= 4 is 40.4 Å². The van der Waals surface area contributed by atoms with Gasteiger partial charge >= 0.3 is 5.97 Å². The summed E-state index contributed by atoms with van der Waals surface area (Å²) < 4.78 is 6.00. The Morgan fingerprint density at radius 3 is 2.43 bits per heavy atom. The molecule has 0 saturated carbocycles. The van der Waals surface area contributed by atoms with Crippen LogP contribution >= 0.6 is 0 Å². The van der Waals surface area contributed by atoms with E-state index in [-0.39, 0.29) is 24.7 Å². The van der Waals surface area contributed by atoms with Crippen molar-refractivity contribution in [3.8, 4) is 0 Å². The number of nitrogens with one attached hydrogen (secondary N) is 1. The first-order valence-corrected chi connectivity index (χ1v) is 12.5. The molecule has 2 aromatic carbocycles. The SMILES string of the molecule is CCc1cccc(CC)c1Nc1nc2ccc(CC(=O)N(C)c3ccc(C(C)CC(=O)O)nc3)cc2o1. The van der Waals surface area contributed by atoms with Crippen molar-refractivity contribution < 1.29 is 19.1 Å². The molecule has 192 valence electrons. The van der Waals surface area contributed by atoms with E-state index >= 15 is 0 Å². The Hall–Kier alpha value is -4.20. The lowest BCUT2D eigenvalue weighted by molar-refractivity contribution is -0.137. The van der Waals surface area contributed by atoms with Crippen LogP contribution in [0.4, 0.5) is 17.4 Å². The van der Waals surface area contributed by atoms with Gasteiger partial charge in [0.1, 0.15) is 5.52 Å². The Kier molecular flexibility index (Phi) is 7.86. The summed E-state index contributed by atoms with van der Waals surface area (Å²) in [4.78, 5) is 34.4. The zero-order valence-electron chi connectivity index (χ0n) is 21.6. The van der Waals surface area contributed by atoms with Gasteiger partial charge in [-0.25, -0.2) is 0 Å². The lowest BCUT2D eigenvalue weighted by Gasteiger charge is -2.18. The van der Waals surface area contributed by atoms with Crippen LogP contribution in [0.3, 0.4) is 0 Å². The number of para-hydroxylation sites is 1. The molecule has 0 aliphatic carbocycles. The maximum atomic E-state index is 13.0. The number of likely N-dealkylation sites (N-methyl/N-ethyl adjacent to an activating group) is 1. The summed E-state index contributed by atoms with van der Waals surface area (Å²) in [6.07, 6.45) is 3.59. The third-order valence-electron chi connectivity index (χ3n) is 6.56. The van der Waals surface area contributed by atoms with Crippen molar-refractivity contribution in [3.63, 3.8) is 0 Å². The molecule has 1 atom stereocenters. The summed E-state index contributed by atoms with van der Waals surface area (Å²) in [6.45, 7) is 6.06. The normalized spacial score (nSPS) is 11.9. The largest absolute Gasteiger partial charge is 0.481 e. The molecule has 4 rings (SSSR count). The molecule has 0 bridgehead atoms. The Morgan fingerprint density at radius 1 is 1.08 bits per heavy atom. The quantitative estimate of drug-likeness (QED) is 0.280. The number of fused-ring (bicyclic) bond motifs is 1. The van der Waals surface area contributed by atoms with Crippen LogP contribution in [0.2, 0.25) is 0 Å². The zero-order valence-corrected chi connectivity index (χ0v) is 21.6. The molecule has 0 spiro atoms. The van der Waals surface area contributed by atoms with E-state index in [0.29, 0.717) is 28.5 Å². The smallest absolute Gasteiger partial charge is 0.304 e. The molecular weight excluding hydrogens is 468 g/mol. The number of aliphatic carboxylic acids is 1. The number of benzene rings is 2. The third kappa shape index (κ3) is 5.97. The average Bonchev–Trinajstić information content (AvgIpc) is 3.29. The molecule has 0 radical (unpaired) electrons. The van der Waals surface area contributed by atoms with Gasteiger partial charge in [-0.15, -0.1) is 0 Å². The minimum atomic E-state index is -0.867. The summed E-state index contributed by atoms with van der Waals surface area (Å²) in [6, 6.07) is 15.8. The standard InChI is InChI=1S/C29H32N4O4/c1-5-20-8-7-9-21(6-2)28(20)32-29-31-24-12-10-19(15-25(24)37-29)16-26(34)33(4)22-11-13-23(30-17-22)18(3)14-27(35)36/h7-13,15,17-18H,5-6,14,16H2,1-4H3,(H,31,32)(H,35,36). The maximum Gasteiger partial charge on any atom is 0.304 e. The van der Waals surface area contributed by atoms with Crippen molar-refractivity contribution in [1.29, 1.82) is 0 Å². The number of pyridine rings is 1. The van der Waals surface area contributed by atoms with Gasteiger partial charge < -0.3 is 19.7 Å². The fraction of sp³-hybridized carbons (Fsp3) is 0.310. The predicted molar refractivity (Wildman–Crippen MR) is 145 cm³/mol. The molecule has 8 nitrogen and oxygen atoms in total. The van der Waals surface area contributed by atoms with Crippen LogP contribution in [0, 0.1) is 0 Å². The van der Waals surface area contributed by atoms with Crippen LogP contribution in [0.25, 0.3) is 11.1 Å². The van der Waals surface area contributed by atoms with Crippen molar-refractivity contribution in [2.24, 2.45) is 0 Å². The van der Waals surface area contributed by atoms with E-state index in [0.717, 1.165) is 24.1 Å². The Balaban J connectivity index is 1.46. The lowest BCUT2D eigenvalue weighted by Crippen LogP contribution is -2.28. The van der Waals surface area contributed by atoms with Gasteiger partial charge in [-0.1, -0.05) is 45.0 Å². The highest BCUT2D eigenvalue weighted by atomic mass is 16.4. The molecule has 0 saturated heterocycles. The van der Waals surface area contributed by atoms with Crippen molar-refractivity contribution in [2.45, 2.75) is 52.4 Å². The molecule has 1 amide bonds. The number of amides is 1. The van der Waals surface area contributed by atoms with E-state index in [4.69, 9.17) is 9.52 Å². The van der Waals surface area contributed by atoms with Crippen LogP contribution < -0.4 is 10.2 Å². The van der Waals surface area contributed by atoms with E-state index in [1.165, 1.54) is 11.1 Å². The van der Waals surface area contributed by atoms with Crippen LogP contribution in [0.15, 0.2) is 59.1 Å². The van der Waals surface area contributed by atoms with Gasteiger partial charge in [0.25, 0.3) is 6.01 Å². The number of aromatic nitrogens is 2. The molecule has 8 heteroatoms. The van der Waals surface area contributed by atoms with E-state index in [2.05, 4.69) is 47.3 Å². The number of carbonyl (C=O) groups excluding carboxylic acids is 1. The first-order chi connectivity index (χ1) is 17.8. The Bertz CT molecular complexity index is 1390. The molecule has 0 aliphatic heterocycles. The number of carboxylic acid groups (broad SMARTS) is 1. The zero-order chi connectivity index (χ0) is 26.5. The molecule has 4 aromatic rings. The molecule has 2 heterocycles. The first-order valence-electron chi connectivity index (χ1n) is 12.5. The van der Waals surface area contributed by atoms with Gasteiger partial charge in [-0.2, -0.15) is 4.98 Å². The molecule has 2 N–H and O–H groups in total. The first kappa shape index (κ1) is 25.9. The maximum absolute atomic E-state index is 13.0. The number of carboxylic acids is 1. The molecular formula is C29H32N4O4. The molecule has 0 fully saturated rings. The van der Waals surface area contributed by atoms with E-state index < -0.39 is 5.97 Å². The number of hydrogen-bond donors (Lipinski definition) is 2. The second-order valence-corrected chi connectivity index (χ2v) is 9.17. The summed E-state index contributed by atoms with van der Waals surface area (Å²) >= 11 is 0. The van der Waals surface area contributed by atoms with E-state index in [9.17, 15) is 9.59 Å². The molecule has 37 heavy (non-hydrogen) atoms. The minimum absolute atomic E-state index is 0.00729. The van der Waals surface area contributed by atoms with E-state index in [1.807, 2.05) is 25.1 Å². The lowest BCUT2D eigenvalue weighted by atomic mass is 10.0. The minimum Gasteiger partial charge on any atom is -0.481 e. The predicted octanol–water partition coefficient (Wildman–Crippen LogP) is 5.87. The fourth-order valence-electron chi connectivity index (χ4n) is 4.33. The van der Waals surface area contributed by atoms with E-state index in [1.54, 1.807) is 30.3 Å². The number of nitrogens with zero attached hydrogens (tertiary/aromatic N) is 3. The number of rotatable bonds is 10. The highest BCUT2D eigenvalue weighted by Gasteiger charge is 2.17. The third-order valence-corrected chi connectivity index (χ3v) is 6.56. The number of oxazole rings is 1. The van der Waals surface area contributed by atoms with Gasteiger partial charge in [0, 0.05) is 24.3 Å². The molecule has 0 aliphatic rings. The fourth-order valence-corrected chi connectivity index (χ4v) is 4.33. The van der Waals surface area contributed by atoms with Gasteiger partial charge in [0.05, 0.1) is 24.7 Å².